The molecule has 1 aliphatic carbocycles. The smallest absolute Gasteiger partial charge is 0.337 e. The topological polar surface area (TPSA) is 35.5 Å². The van der Waals surface area contributed by atoms with E-state index in [-0.39, 0.29) is 5.97 Å². The zero-order valence-electron chi connectivity index (χ0n) is 8.71. The van der Waals surface area contributed by atoms with Gasteiger partial charge >= 0.3 is 5.97 Å². The highest BCUT2D eigenvalue weighted by Gasteiger charge is 2.22. The summed E-state index contributed by atoms with van der Waals surface area (Å²) >= 11 is 0. The summed E-state index contributed by atoms with van der Waals surface area (Å²) in [6.07, 6.45) is 6.45. The van der Waals surface area contributed by atoms with Gasteiger partial charge in [0.25, 0.3) is 0 Å². The predicted molar refractivity (Wildman–Crippen MR) is 53.7 cm³/mol. The molecule has 0 unspecified atom stereocenters. The zero-order valence-corrected chi connectivity index (χ0v) is 8.71. The van der Waals surface area contributed by atoms with Gasteiger partial charge in [-0.1, -0.05) is 12.2 Å². The van der Waals surface area contributed by atoms with Crippen LogP contribution in [0, 0.1) is 0 Å². The molecule has 0 aromatic rings. The summed E-state index contributed by atoms with van der Waals surface area (Å²) in [6, 6.07) is 0. The van der Waals surface area contributed by atoms with Gasteiger partial charge < -0.3 is 9.47 Å². The fourth-order valence-electron chi connectivity index (χ4n) is 1.46. The first-order chi connectivity index (χ1) is 6.79. The third kappa shape index (κ3) is 2.62. The molecule has 78 valence electrons. The van der Waals surface area contributed by atoms with Gasteiger partial charge in [-0.2, -0.15) is 0 Å². The lowest BCUT2D eigenvalue weighted by Gasteiger charge is -2.06. The molecule has 0 fully saturated rings. The fourth-order valence-corrected chi connectivity index (χ4v) is 1.46. The number of rotatable bonds is 4. The lowest BCUT2D eigenvalue weighted by Crippen LogP contribution is -2.05. The minimum atomic E-state index is -0.252. The summed E-state index contributed by atoms with van der Waals surface area (Å²) in [5, 5.41) is 0. The van der Waals surface area contributed by atoms with Gasteiger partial charge in [0.05, 0.1) is 12.7 Å². The molecule has 0 aromatic heterocycles. The third-order valence-electron chi connectivity index (χ3n) is 2.19. The summed E-state index contributed by atoms with van der Waals surface area (Å²) in [7, 11) is 1.40. The second-order valence-corrected chi connectivity index (χ2v) is 3.13. The number of allylic oxidation sites excluding steroid dienone is 2. The van der Waals surface area contributed by atoms with Crippen LogP contribution in [0.4, 0.5) is 0 Å². The normalized spacial score (nSPS) is 16.4. The fraction of sp³-hybridized carbons (Fsp3) is 0.545. The molecule has 0 aromatic carbocycles. The molecule has 1 aliphatic rings. The Hall–Kier alpha value is -1.25. The highest BCUT2D eigenvalue weighted by atomic mass is 16.5. The SMILES string of the molecule is C/C=C/COC1=C(C(=O)OC)CCC1. The molecule has 0 saturated heterocycles. The Bertz CT molecular complexity index is 264. The van der Waals surface area contributed by atoms with Gasteiger partial charge in [-0.05, 0) is 19.8 Å². The Balaban J connectivity index is 2.58. The van der Waals surface area contributed by atoms with E-state index >= 15 is 0 Å². The van der Waals surface area contributed by atoms with Gasteiger partial charge in [-0.25, -0.2) is 4.79 Å². The number of methoxy groups -OCH3 is 1. The Morgan fingerprint density at radius 3 is 2.93 bits per heavy atom. The molecule has 3 nitrogen and oxygen atoms in total. The summed E-state index contributed by atoms with van der Waals surface area (Å²) in [5.41, 5.74) is 0.706. The second kappa shape index (κ2) is 5.47. The van der Waals surface area contributed by atoms with E-state index in [1.54, 1.807) is 0 Å². The van der Waals surface area contributed by atoms with Crippen LogP contribution in [0.2, 0.25) is 0 Å². The number of esters is 1. The molecule has 0 aliphatic heterocycles. The average Bonchev–Trinajstić information content (AvgIpc) is 2.65. The van der Waals surface area contributed by atoms with Crippen molar-refractivity contribution in [1.29, 1.82) is 0 Å². The molecule has 1 rings (SSSR count). The number of hydrogen-bond acceptors (Lipinski definition) is 3. The van der Waals surface area contributed by atoms with E-state index in [9.17, 15) is 4.79 Å². The molecule has 14 heavy (non-hydrogen) atoms. The van der Waals surface area contributed by atoms with E-state index < -0.39 is 0 Å². The summed E-state index contributed by atoms with van der Waals surface area (Å²) < 4.78 is 10.1. The van der Waals surface area contributed by atoms with E-state index in [1.165, 1.54) is 7.11 Å². The molecule has 0 N–H and O–H groups in total. The quantitative estimate of drug-likeness (QED) is 0.510. The maximum atomic E-state index is 11.3. The van der Waals surface area contributed by atoms with Gasteiger partial charge in [0.2, 0.25) is 0 Å². The van der Waals surface area contributed by atoms with Crippen molar-refractivity contribution in [2.24, 2.45) is 0 Å². The van der Waals surface area contributed by atoms with Crippen LogP contribution in [0.25, 0.3) is 0 Å². The monoisotopic (exact) mass is 196 g/mol. The minimum absolute atomic E-state index is 0.252. The van der Waals surface area contributed by atoms with Crippen molar-refractivity contribution in [1.82, 2.24) is 0 Å². The van der Waals surface area contributed by atoms with Crippen LogP contribution < -0.4 is 0 Å². The first-order valence-electron chi connectivity index (χ1n) is 4.84. The van der Waals surface area contributed by atoms with Crippen LogP contribution in [0.1, 0.15) is 26.2 Å². The van der Waals surface area contributed by atoms with Crippen LogP contribution in [0.15, 0.2) is 23.5 Å². The van der Waals surface area contributed by atoms with Crippen molar-refractivity contribution < 1.29 is 14.3 Å². The minimum Gasteiger partial charge on any atom is -0.493 e. The zero-order chi connectivity index (χ0) is 10.4. The molecular weight excluding hydrogens is 180 g/mol. The van der Waals surface area contributed by atoms with Crippen molar-refractivity contribution in [2.75, 3.05) is 13.7 Å². The predicted octanol–water partition coefficient (Wildman–Crippen LogP) is 2.19. The molecule has 0 radical (unpaired) electrons. The molecule has 0 amide bonds. The molecule has 3 heteroatoms. The van der Waals surface area contributed by atoms with Crippen molar-refractivity contribution in [3.05, 3.63) is 23.5 Å². The van der Waals surface area contributed by atoms with Gasteiger partial charge in [0.15, 0.2) is 0 Å². The molecule has 0 bridgehead atoms. The molecule has 0 heterocycles. The number of hydrogen-bond donors (Lipinski definition) is 0. The van der Waals surface area contributed by atoms with Gasteiger partial charge in [0.1, 0.15) is 12.4 Å². The summed E-state index contributed by atoms with van der Waals surface area (Å²) in [4.78, 5) is 11.3. The van der Waals surface area contributed by atoms with Gasteiger partial charge in [-0.15, -0.1) is 0 Å². The standard InChI is InChI=1S/C11H16O3/c1-3-4-8-14-10-7-5-6-9(10)11(12)13-2/h3-4H,5-8H2,1-2H3/b4-3+. The lowest BCUT2D eigenvalue weighted by atomic mass is 10.2. The Morgan fingerprint density at radius 2 is 2.29 bits per heavy atom. The second-order valence-electron chi connectivity index (χ2n) is 3.13. The number of carbonyl (C=O) groups excluding carboxylic acids is 1. The highest BCUT2D eigenvalue weighted by molar-refractivity contribution is 5.89. The van der Waals surface area contributed by atoms with Crippen molar-refractivity contribution in [2.45, 2.75) is 26.2 Å². The Labute approximate surface area is 84.4 Å². The molecular formula is C11H16O3. The van der Waals surface area contributed by atoms with E-state index in [4.69, 9.17) is 4.74 Å². The maximum absolute atomic E-state index is 11.3. The Morgan fingerprint density at radius 1 is 1.50 bits per heavy atom. The average molecular weight is 196 g/mol. The van der Waals surface area contributed by atoms with Crippen LogP contribution >= 0.6 is 0 Å². The van der Waals surface area contributed by atoms with E-state index in [2.05, 4.69) is 4.74 Å². The van der Waals surface area contributed by atoms with E-state index in [0.29, 0.717) is 12.2 Å². The maximum Gasteiger partial charge on any atom is 0.337 e. The molecule has 0 saturated carbocycles. The van der Waals surface area contributed by atoms with Crippen LogP contribution in [-0.4, -0.2) is 19.7 Å². The first kappa shape index (κ1) is 10.8. The van der Waals surface area contributed by atoms with Gasteiger partial charge in [-0.3, -0.25) is 0 Å². The third-order valence-corrected chi connectivity index (χ3v) is 2.19. The Kier molecular flexibility index (Phi) is 4.23. The van der Waals surface area contributed by atoms with Crippen LogP contribution in [0.5, 0.6) is 0 Å². The van der Waals surface area contributed by atoms with Crippen molar-refractivity contribution in [3.8, 4) is 0 Å². The largest absolute Gasteiger partial charge is 0.493 e. The first-order valence-corrected chi connectivity index (χ1v) is 4.84. The lowest BCUT2D eigenvalue weighted by molar-refractivity contribution is -0.136. The van der Waals surface area contributed by atoms with E-state index in [0.717, 1.165) is 25.0 Å². The van der Waals surface area contributed by atoms with Crippen molar-refractivity contribution in [3.63, 3.8) is 0 Å². The summed E-state index contributed by atoms with van der Waals surface area (Å²) in [5.74, 6) is 0.549. The number of ether oxygens (including phenoxy) is 2. The van der Waals surface area contributed by atoms with Crippen LogP contribution in [0.3, 0.4) is 0 Å². The molecule has 0 spiro atoms. The molecule has 0 atom stereocenters. The van der Waals surface area contributed by atoms with Gasteiger partial charge in [0, 0.05) is 6.42 Å². The highest BCUT2D eigenvalue weighted by Crippen LogP contribution is 2.27. The number of carbonyl (C=O) groups is 1. The van der Waals surface area contributed by atoms with Crippen LogP contribution in [-0.2, 0) is 14.3 Å². The van der Waals surface area contributed by atoms with Crippen molar-refractivity contribution >= 4 is 5.97 Å². The van der Waals surface area contributed by atoms with E-state index in [1.807, 2.05) is 19.1 Å². The summed E-state index contributed by atoms with van der Waals surface area (Å²) in [6.45, 7) is 2.47.